The monoisotopic (exact) mass is 291 g/mol. The van der Waals surface area contributed by atoms with Crippen molar-refractivity contribution in [3.05, 3.63) is 0 Å². The topological polar surface area (TPSA) is 18.5 Å². The number of hydrogen-bond donors (Lipinski definition) is 1. The van der Waals surface area contributed by atoms with Gasteiger partial charge >= 0.3 is 0 Å². The first-order valence-corrected chi connectivity index (χ1v) is 9.58. The zero-order valence-corrected chi connectivity index (χ0v) is 13.7. The van der Waals surface area contributed by atoms with Gasteiger partial charge in [-0.1, -0.05) is 19.3 Å². The summed E-state index contributed by atoms with van der Waals surface area (Å²) < 4.78 is 0. The van der Waals surface area contributed by atoms with Gasteiger partial charge in [-0.05, 0) is 71.1 Å². The van der Waals surface area contributed by atoms with Crippen LogP contribution in [0.3, 0.4) is 0 Å². The largest absolute Gasteiger partial charge is 0.310 e. The highest BCUT2D eigenvalue weighted by atomic mass is 15.3. The molecule has 1 aliphatic carbocycles. The molecule has 4 fully saturated rings. The fourth-order valence-corrected chi connectivity index (χ4v) is 5.57. The van der Waals surface area contributed by atoms with Crippen LogP contribution in [0.5, 0.6) is 0 Å². The third kappa shape index (κ3) is 3.02. The maximum absolute atomic E-state index is 3.96. The minimum Gasteiger partial charge on any atom is -0.310 e. The highest BCUT2D eigenvalue weighted by Crippen LogP contribution is 2.34. The Hall–Kier alpha value is -0.120. The Balaban J connectivity index is 1.43. The molecule has 1 saturated carbocycles. The van der Waals surface area contributed by atoms with Gasteiger partial charge in [0.1, 0.15) is 0 Å². The van der Waals surface area contributed by atoms with E-state index in [2.05, 4.69) is 15.1 Å². The standard InChI is InChI=1S/C18H33N3/c1-2-8-18(9-3-1)15-21(12-5-10-19-18)17-7-13-20-11-4-6-16(20)14-17/h16-17,19H,1-15H2. The zero-order chi connectivity index (χ0) is 14.1. The summed E-state index contributed by atoms with van der Waals surface area (Å²) in [7, 11) is 0. The molecule has 120 valence electrons. The minimum absolute atomic E-state index is 0.474. The van der Waals surface area contributed by atoms with Gasteiger partial charge < -0.3 is 10.2 Å². The maximum atomic E-state index is 3.96. The molecule has 2 unspecified atom stereocenters. The summed E-state index contributed by atoms with van der Waals surface area (Å²) in [5, 5.41) is 3.96. The van der Waals surface area contributed by atoms with E-state index in [0.29, 0.717) is 5.54 Å². The second kappa shape index (κ2) is 6.17. The average molecular weight is 291 g/mol. The van der Waals surface area contributed by atoms with E-state index in [1.165, 1.54) is 96.9 Å². The maximum Gasteiger partial charge on any atom is 0.0308 e. The van der Waals surface area contributed by atoms with Gasteiger partial charge in [0.15, 0.2) is 0 Å². The van der Waals surface area contributed by atoms with E-state index >= 15 is 0 Å². The third-order valence-corrected chi connectivity index (χ3v) is 6.75. The van der Waals surface area contributed by atoms with Gasteiger partial charge in [0, 0.05) is 24.2 Å². The first-order valence-electron chi connectivity index (χ1n) is 9.58. The third-order valence-electron chi connectivity index (χ3n) is 6.75. The minimum atomic E-state index is 0.474. The lowest BCUT2D eigenvalue weighted by molar-refractivity contribution is 0.0653. The molecule has 0 bridgehead atoms. The van der Waals surface area contributed by atoms with Crippen LogP contribution in [-0.2, 0) is 0 Å². The molecule has 1 N–H and O–H groups in total. The van der Waals surface area contributed by atoms with Crippen molar-refractivity contribution >= 4 is 0 Å². The number of hydrogen-bond acceptors (Lipinski definition) is 3. The lowest BCUT2D eigenvalue weighted by Gasteiger charge is -2.45. The lowest BCUT2D eigenvalue weighted by atomic mass is 9.81. The lowest BCUT2D eigenvalue weighted by Crippen LogP contribution is -2.56. The summed E-state index contributed by atoms with van der Waals surface area (Å²) in [5.74, 6) is 0. The zero-order valence-electron chi connectivity index (χ0n) is 13.7. The van der Waals surface area contributed by atoms with Crippen LogP contribution in [0, 0.1) is 0 Å². The Kier molecular flexibility index (Phi) is 4.25. The summed E-state index contributed by atoms with van der Waals surface area (Å²) in [6.45, 7) is 6.67. The van der Waals surface area contributed by atoms with Crippen molar-refractivity contribution in [2.75, 3.05) is 32.7 Å². The predicted octanol–water partition coefficient (Wildman–Crippen LogP) is 2.61. The molecule has 1 spiro atoms. The highest BCUT2D eigenvalue weighted by Gasteiger charge is 2.39. The molecule has 3 heterocycles. The summed E-state index contributed by atoms with van der Waals surface area (Å²) in [5.41, 5.74) is 0.474. The van der Waals surface area contributed by atoms with Crippen molar-refractivity contribution in [1.82, 2.24) is 15.1 Å². The molecule has 0 aromatic carbocycles. The molecule has 0 radical (unpaired) electrons. The van der Waals surface area contributed by atoms with E-state index < -0.39 is 0 Å². The Morgan fingerprint density at radius 2 is 1.57 bits per heavy atom. The van der Waals surface area contributed by atoms with Crippen LogP contribution in [0.2, 0.25) is 0 Å². The molecule has 3 nitrogen and oxygen atoms in total. The fourth-order valence-electron chi connectivity index (χ4n) is 5.57. The van der Waals surface area contributed by atoms with Gasteiger partial charge in [-0.2, -0.15) is 0 Å². The van der Waals surface area contributed by atoms with E-state index in [1.807, 2.05) is 0 Å². The van der Waals surface area contributed by atoms with Gasteiger partial charge in [0.2, 0.25) is 0 Å². The van der Waals surface area contributed by atoms with E-state index in [0.717, 1.165) is 12.1 Å². The summed E-state index contributed by atoms with van der Waals surface area (Å²) in [6.07, 6.45) is 14.3. The second-order valence-corrected chi connectivity index (χ2v) is 8.10. The first kappa shape index (κ1) is 14.5. The first-order chi connectivity index (χ1) is 10.3. The van der Waals surface area contributed by atoms with Gasteiger partial charge in [0.05, 0.1) is 0 Å². The summed E-state index contributed by atoms with van der Waals surface area (Å²) >= 11 is 0. The fraction of sp³-hybridized carbons (Fsp3) is 1.00. The van der Waals surface area contributed by atoms with E-state index in [4.69, 9.17) is 0 Å². The molecule has 3 saturated heterocycles. The van der Waals surface area contributed by atoms with Crippen LogP contribution in [-0.4, -0.2) is 60.1 Å². The molecule has 4 aliphatic rings. The number of nitrogens with one attached hydrogen (secondary N) is 1. The Labute approximate surface area is 130 Å². The smallest absolute Gasteiger partial charge is 0.0308 e. The van der Waals surface area contributed by atoms with Crippen molar-refractivity contribution in [3.63, 3.8) is 0 Å². The van der Waals surface area contributed by atoms with Crippen molar-refractivity contribution in [3.8, 4) is 0 Å². The highest BCUT2D eigenvalue weighted by molar-refractivity contribution is 4.98. The molecule has 3 heteroatoms. The van der Waals surface area contributed by atoms with Crippen LogP contribution < -0.4 is 5.32 Å². The van der Waals surface area contributed by atoms with Gasteiger partial charge in [-0.15, -0.1) is 0 Å². The quantitative estimate of drug-likeness (QED) is 0.801. The van der Waals surface area contributed by atoms with Gasteiger partial charge in [-0.3, -0.25) is 4.90 Å². The van der Waals surface area contributed by atoms with Crippen LogP contribution >= 0.6 is 0 Å². The molecule has 3 aliphatic heterocycles. The summed E-state index contributed by atoms with van der Waals surface area (Å²) in [4.78, 5) is 5.67. The SMILES string of the molecule is C1CCC2(CC1)CN(C1CCN3CCCC3C1)CCCN2. The molecular weight excluding hydrogens is 258 g/mol. The van der Waals surface area contributed by atoms with Crippen molar-refractivity contribution in [2.24, 2.45) is 0 Å². The Morgan fingerprint density at radius 3 is 2.48 bits per heavy atom. The van der Waals surface area contributed by atoms with E-state index in [9.17, 15) is 0 Å². The Morgan fingerprint density at radius 1 is 0.762 bits per heavy atom. The molecular formula is C18H33N3. The van der Waals surface area contributed by atoms with Crippen LogP contribution in [0.25, 0.3) is 0 Å². The predicted molar refractivity (Wildman–Crippen MR) is 87.6 cm³/mol. The summed E-state index contributed by atoms with van der Waals surface area (Å²) in [6, 6.07) is 1.80. The van der Waals surface area contributed by atoms with Crippen molar-refractivity contribution in [2.45, 2.75) is 81.8 Å². The number of piperidine rings is 1. The molecule has 0 aromatic heterocycles. The van der Waals surface area contributed by atoms with E-state index in [1.54, 1.807) is 0 Å². The van der Waals surface area contributed by atoms with Gasteiger partial charge in [0.25, 0.3) is 0 Å². The number of nitrogens with zero attached hydrogens (tertiary/aromatic N) is 2. The Bertz CT molecular complexity index is 350. The van der Waals surface area contributed by atoms with Crippen molar-refractivity contribution in [1.29, 1.82) is 0 Å². The van der Waals surface area contributed by atoms with Crippen LogP contribution in [0.1, 0.15) is 64.2 Å². The molecule has 0 aromatic rings. The van der Waals surface area contributed by atoms with Crippen LogP contribution in [0.15, 0.2) is 0 Å². The molecule has 21 heavy (non-hydrogen) atoms. The molecule has 2 atom stereocenters. The van der Waals surface area contributed by atoms with E-state index in [-0.39, 0.29) is 0 Å². The molecule has 0 amide bonds. The molecule has 4 rings (SSSR count). The number of rotatable bonds is 1. The number of fused-ring (bicyclic) bond motifs is 1. The van der Waals surface area contributed by atoms with Gasteiger partial charge in [-0.25, -0.2) is 0 Å². The second-order valence-electron chi connectivity index (χ2n) is 8.10. The average Bonchev–Trinajstić information content (AvgIpc) is 2.90. The normalized spacial score (nSPS) is 38.3. The van der Waals surface area contributed by atoms with Crippen molar-refractivity contribution < 1.29 is 0 Å². The van der Waals surface area contributed by atoms with Crippen LogP contribution in [0.4, 0.5) is 0 Å².